The molecule has 0 atom stereocenters. The Balaban J connectivity index is 2.01. The third-order valence-corrected chi connectivity index (χ3v) is 4.16. The van der Waals surface area contributed by atoms with Gasteiger partial charge in [0.1, 0.15) is 0 Å². The Morgan fingerprint density at radius 3 is 2.31 bits per heavy atom. The second-order valence-electron chi connectivity index (χ2n) is 6.75. The van der Waals surface area contributed by atoms with Crippen LogP contribution in [0.15, 0.2) is 48.5 Å². The normalized spacial score (nSPS) is 11.4. The molecule has 29 heavy (non-hydrogen) atoms. The zero-order chi connectivity index (χ0) is 21.4. The fourth-order valence-electron chi connectivity index (χ4n) is 2.67. The quantitative estimate of drug-likeness (QED) is 0.671. The second kappa shape index (κ2) is 10.1. The molecule has 2 N–H and O–H groups in total. The van der Waals surface area contributed by atoms with Crippen molar-refractivity contribution in [2.45, 2.75) is 25.9 Å². The van der Waals surface area contributed by atoms with E-state index in [-0.39, 0.29) is 23.7 Å². The Morgan fingerprint density at radius 1 is 1.00 bits per heavy atom. The zero-order valence-electron chi connectivity index (χ0n) is 16.3. The molecule has 0 aliphatic heterocycles. The summed E-state index contributed by atoms with van der Waals surface area (Å²) in [6.45, 7) is 3.11. The highest BCUT2D eigenvalue weighted by Gasteiger charge is 2.30. The number of hydrogen-bond donors (Lipinski definition) is 2. The SMILES string of the molecule is CCCCN(C)CC(=O)Nc1cccc(C(=O)Nc2cccc(C(F)(F)F)c2)c1. The van der Waals surface area contributed by atoms with Crippen molar-refractivity contribution in [3.63, 3.8) is 0 Å². The number of carbonyl (C=O) groups is 2. The highest BCUT2D eigenvalue weighted by Crippen LogP contribution is 2.30. The predicted molar refractivity (Wildman–Crippen MR) is 107 cm³/mol. The van der Waals surface area contributed by atoms with Crippen LogP contribution in [0, 0.1) is 0 Å². The number of benzene rings is 2. The van der Waals surface area contributed by atoms with Crippen LogP contribution in [0.3, 0.4) is 0 Å². The number of likely N-dealkylation sites (N-methyl/N-ethyl adjacent to an activating group) is 1. The molecular formula is C21H24F3N3O2. The number of rotatable bonds is 8. The maximum absolute atomic E-state index is 12.8. The predicted octanol–water partition coefficient (Wildman–Crippen LogP) is 4.63. The van der Waals surface area contributed by atoms with Crippen LogP contribution in [0.4, 0.5) is 24.5 Å². The van der Waals surface area contributed by atoms with Crippen molar-refractivity contribution < 1.29 is 22.8 Å². The molecule has 2 aromatic carbocycles. The van der Waals surface area contributed by atoms with Crippen LogP contribution in [0.5, 0.6) is 0 Å². The van der Waals surface area contributed by atoms with E-state index in [0.29, 0.717) is 5.69 Å². The first-order chi connectivity index (χ1) is 13.7. The third kappa shape index (κ3) is 7.23. The van der Waals surface area contributed by atoms with Gasteiger partial charge < -0.3 is 10.6 Å². The van der Waals surface area contributed by atoms with Crippen molar-refractivity contribution in [3.05, 3.63) is 59.7 Å². The van der Waals surface area contributed by atoms with Gasteiger partial charge in [-0.1, -0.05) is 25.5 Å². The molecule has 0 radical (unpaired) electrons. The maximum atomic E-state index is 12.8. The summed E-state index contributed by atoms with van der Waals surface area (Å²) in [5, 5.41) is 5.17. The van der Waals surface area contributed by atoms with Gasteiger partial charge in [0.15, 0.2) is 0 Å². The Kier molecular flexibility index (Phi) is 7.78. The molecule has 0 bridgehead atoms. The van der Waals surface area contributed by atoms with Crippen LogP contribution in [0.1, 0.15) is 35.7 Å². The number of amides is 2. The zero-order valence-corrected chi connectivity index (χ0v) is 16.3. The molecule has 2 rings (SSSR count). The van der Waals surface area contributed by atoms with E-state index in [0.717, 1.165) is 31.5 Å². The topological polar surface area (TPSA) is 61.4 Å². The van der Waals surface area contributed by atoms with E-state index in [1.54, 1.807) is 12.1 Å². The molecule has 8 heteroatoms. The number of anilines is 2. The number of nitrogens with one attached hydrogen (secondary N) is 2. The second-order valence-corrected chi connectivity index (χ2v) is 6.75. The summed E-state index contributed by atoms with van der Waals surface area (Å²) in [7, 11) is 1.86. The average Bonchev–Trinajstić information content (AvgIpc) is 2.66. The van der Waals surface area contributed by atoms with Gasteiger partial charge in [-0.05, 0) is 56.4 Å². The van der Waals surface area contributed by atoms with Crippen LogP contribution in [0.2, 0.25) is 0 Å². The van der Waals surface area contributed by atoms with E-state index in [1.807, 2.05) is 11.9 Å². The molecule has 0 heterocycles. The van der Waals surface area contributed by atoms with Gasteiger partial charge in [-0.15, -0.1) is 0 Å². The van der Waals surface area contributed by atoms with Crippen molar-refractivity contribution >= 4 is 23.2 Å². The smallest absolute Gasteiger partial charge is 0.325 e. The van der Waals surface area contributed by atoms with E-state index in [9.17, 15) is 22.8 Å². The van der Waals surface area contributed by atoms with Crippen LogP contribution in [-0.2, 0) is 11.0 Å². The minimum atomic E-state index is -4.49. The standard InChI is InChI=1S/C21H24F3N3O2/c1-3-4-11-27(2)14-19(28)25-17-9-5-7-15(12-17)20(29)26-18-10-6-8-16(13-18)21(22,23)24/h5-10,12-13H,3-4,11,14H2,1-2H3,(H,25,28)(H,26,29). The van der Waals surface area contributed by atoms with Gasteiger partial charge in [-0.3, -0.25) is 14.5 Å². The summed E-state index contributed by atoms with van der Waals surface area (Å²) >= 11 is 0. The fraction of sp³-hybridized carbons (Fsp3) is 0.333. The maximum Gasteiger partial charge on any atom is 0.416 e. The van der Waals surface area contributed by atoms with Crippen LogP contribution in [0.25, 0.3) is 0 Å². The van der Waals surface area contributed by atoms with Gasteiger partial charge in [-0.25, -0.2) is 0 Å². The lowest BCUT2D eigenvalue weighted by Crippen LogP contribution is -2.30. The Morgan fingerprint density at radius 2 is 1.66 bits per heavy atom. The van der Waals surface area contributed by atoms with Gasteiger partial charge in [0.25, 0.3) is 5.91 Å². The van der Waals surface area contributed by atoms with E-state index < -0.39 is 17.6 Å². The lowest BCUT2D eigenvalue weighted by atomic mass is 10.1. The number of carbonyl (C=O) groups excluding carboxylic acids is 2. The molecule has 0 aliphatic rings. The van der Waals surface area contributed by atoms with Crippen molar-refractivity contribution in [2.75, 3.05) is 30.8 Å². The van der Waals surface area contributed by atoms with Gasteiger partial charge in [-0.2, -0.15) is 13.2 Å². The number of alkyl halides is 3. The molecule has 156 valence electrons. The van der Waals surface area contributed by atoms with E-state index in [4.69, 9.17) is 0 Å². The summed E-state index contributed by atoms with van der Waals surface area (Å²) in [5.74, 6) is -0.778. The van der Waals surface area contributed by atoms with Crippen molar-refractivity contribution in [1.82, 2.24) is 4.90 Å². The van der Waals surface area contributed by atoms with Gasteiger partial charge >= 0.3 is 6.18 Å². The first kappa shape index (κ1) is 22.4. The van der Waals surface area contributed by atoms with Crippen molar-refractivity contribution in [3.8, 4) is 0 Å². The Labute approximate surface area is 167 Å². The molecule has 0 aliphatic carbocycles. The van der Waals surface area contributed by atoms with E-state index in [1.165, 1.54) is 24.3 Å². The minimum absolute atomic E-state index is 0.0387. The molecule has 2 amide bonds. The first-order valence-electron chi connectivity index (χ1n) is 9.26. The molecule has 0 aromatic heterocycles. The lowest BCUT2D eigenvalue weighted by molar-refractivity contribution is -0.137. The molecular weight excluding hydrogens is 383 g/mol. The number of unbranched alkanes of at least 4 members (excludes halogenated alkanes) is 1. The fourth-order valence-corrected chi connectivity index (χ4v) is 2.67. The lowest BCUT2D eigenvalue weighted by Gasteiger charge is -2.16. The summed E-state index contributed by atoms with van der Waals surface area (Å²) in [5.41, 5.74) is -0.143. The van der Waals surface area contributed by atoms with E-state index >= 15 is 0 Å². The van der Waals surface area contributed by atoms with Crippen LogP contribution >= 0.6 is 0 Å². The molecule has 0 unspecified atom stereocenters. The summed E-state index contributed by atoms with van der Waals surface area (Å²) in [6, 6.07) is 10.6. The molecule has 5 nitrogen and oxygen atoms in total. The van der Waals surface area contributed by atoms with Gasteiger partial charge in [0.05, 0.1) is 12.1 Å². The monoisotopic (exact) mass is 407 g/mol. The molecule has 2 aromatic rings. The van der Waals surface area contributed by atoms with Crippen molar-refractivity contribution in [1.29, 1.82) is 0 Å². The van der Waals surface area contributed by atoms with Crippen LogP contribution in [-0.4, -0.2) is 36.9 Å². The highest BCUT2D eigenvalue weighted by atomic mass is 19.4. The van der Waals surface area contributed by atoms with Crippen LogP contribution < -0.4 is 10.6 Å². The third-order valence-electron chi connectivity index (χ3n) is 4.16. The highest BCUT2D eigenvalue weighted by molar-refractivity contribution is 6.05. The molecule has 0 fully saturated rings. The largest absolute Gasteiger partial charge is 0.416 e. The summed E-state index contributed by atoms with van der Waals surface area (Å²) in [6.07, 6.45) is -2.46. The molecule has 0 saturated heterocycles. The summed E-state index contributed by atoms with van der Waals surface area (Å²) < 4.78 is 38.4. The average molecular weight is 407 g/mol. The minimum Gasteiger partial charge on any atom is -0.325 e. The molecule has 0 saturated carbocycles. The van der Waals surface area contributed by atoms with Gasteiger partial charge in [0, 0.05) is 16.9 Å². The van der Waals surface area contributed by atoms with Gasteiger partial charge in [0.2, 0.25) is 5.91 Å². The first-order valence-corrected chi connectivity index (χ1v) is 9.26. The number of nitrogens with zero attached hydrogens (tertiary/aromatic N) is 1. The number of hydrogen-bond acceptors (Lipinski definition) is 3. The van der Waals surface area contributed by atoms with E-state index in [2.05, 4.69) is 17.6 Å². The number of halogens is 3. The Hall–Kier alpha value is -2.87. The summed E-state index contributed by atoms with van der Waals surface area (Å²) in [4.78, 5) is 26.4. The Bertz CT molecular complexity index is 853. The molecule has 0 spiro atoms. The van der Waals surface area contributed by atoms with Crippen molar-refractivity contribution in [2.24, 2.45) is 0 Å².